The number of hydrogen-bond acceptors (Lipinski definition) is 4. The fourth-order valence-electron chi connectivity index (χ4n) is 2.98. The fraction of sp³-hybridized carbons (Fsp3) is 0.143. The van der Waals surface area contributed by atoms with Crippen LogP contribution in [0.5, 0.6) is 11.5 Å². The number of thiol groups is 1. The van der Waals surface area contributed by atoms with Gasteiger partial charge in [0, 0.05) is 0 Å². The minimum absolute atomic E-state index is 0.791. The molecule has 25 heavy (non-hydrogen) atoms. The smallest absolute Gasteiger partial charge is 0.157 e. The van der Waals surface area contributed by atoms with Crippen molar-refractivity contribution in [3.8, 4) is 11.5 Å². The molecule has 3 nitrogen and oxygen atoms in total. The van der Waals surface area contributed by atoms with Crippen LogP contribution in [0.1, 0.15) is 16.7 Å². The minimum Gasteiger partial charge on any atom is -0.497 e. The van der Waals surface area contributed by atoms with Crippen molar-refractivity contribution in [2.75, 3.05) is 14.2 Å². The number of methoxy groups -OCH3 is 2. The Balaban J connectivity index is 2.21. The summed E-state index contributed by atoms with van der Waals surface area (Å²) in [7, 11) is 3.30. The highest BCUT2D eigenvalue weighted by Gasteiger charge is 2.37. The van der Waals surface area contributed by atoms with E-state index < -0.39 is 5.60 Å². The average Bonchev–Trinajstić information content (AvgIpc) is 2.71. The van der Waals surface area contributed by atoms with Gasteiger partial charge in [0.2, 0.25) is 0 Å². The summed E-state index contributed by atoms with van der Waals surface area (Å²) in [5.74, 6) is 1.58. The summed E-state index contributed by atoms with van der Waals surface area (Å²) in [6.07, 6.45) is 0. The summed E-state index contributed by atoms with van der Waals surface area (Å²) in [6, 6.07) is 25.7. The molecular formula is C21H20O3S. The van der Waals surface area contributed by atoms with Gasteiger partial charge in [-0.3, -0.25) is 4.18 Å². The van der Waals surface area contributed by atoms with Crippen molar-refractivity contribution >= 4 is 12.9 Å². The van der Waals surface area contributed by atoms with Gasteiger partial charge in [0.05, 0.1) is 14.2 Å². The lowest BCUT2D eigenvalue weighted by Crippen LogP contribution is -2.30. The highest BCUT2D eigenvalue weighted by Crippen LogP contribution is 2.42. The maximum absolute atomic E-state index is 5.86. The van der Waals surface area contributed by atoms with Crippen molar-refractivity contribution in [1.82, 2.24) is 0 Å². The zero-order valence-corrected chi connectivity index (χ0v) is 15.1. The Morgan fingerprint density at radius 3 is 1.36 bits per heavy atom. The molecule has 4 heteroatoms. The van der Waals surface area contributed by atoms with Gasteiger partial charge in [-0.2, -0.15) is 0 Å². The Bertz CT molecular complexity index is 751. The first-order chi connectivity index (χ1) is 12.2. The van der Waals surface area contributed by atoms with E-state index in [2.05, 4.69) is 12.9 Å². The molecular weight excluding hydrogens is 332 g/mol. The van der Waals surface area contributed by atoms with Gasteiger partial charge in [0.1, 0.15) is 11.5 Å². The molecule has 0 saturated heterocycles. The molecule has 0 amide bonds. The van der Waals surface area contributed by atoms with E-state index in [1.54, 1.807) is 14.2 Å². The number of benzene rings is 3. The van der Waals surface area contributed by atoms with Crippen molar-refractivity contribution in [3.05, 3.63) is 95.6 Å². The van der Waals surface area contributed by atoms with Gasteiger partial charge in [0.25, 0.3) is 0 Å². The summed E-state index contributed by atoms with van der Waals surface area (Å²) in [5, 5.41) is 0. The average molecular weight is 352 g/mol. The van der Waals surface area contributed by atoms with Crippen LogP contribution < -0.4 is 9.47 Å². The zero-order chi connectivity index (χ0) is 17.7. The third-order valence-electron chi connectivity index (χ3n) is 4.31. The lowest BCUT2D eigenvalue weighted by molar-refractivity contribution is 0.197. The van der Waals surface area contributed by atoms with Crippen LogP contribution in [0.15, 0.2) is 78.9 Å². The summed E-state index contributed by atoms with van der Waals surface area (Å²) in [5.41, 5.74) is 2.06. The van der Waals surface area contributed by atoms with Crippen LogP contribution in [0.4, 0.5) is 0 Å². The van der Waals surface area contributed by atoms with Crippen LogP contribution in [0.3, 0.4) is 0 Å². The molecule has 0 spiro atoms. The van der Waals surface area contributed by atoms with Gasteiger partial charge in [-0.15, -0.1) is 0 Å². The maximum Gasteiger partial charge on any atom is 0.157 e. The molecule has 0 aromatic heterocycles. The van der Waals surface area contributed by atoms with Gasteiger partial charge in [-0.1, -0.05) is 54.6 Å². The monoisotopic (exact) mass is 352 g/mol. The Hall–Kier alpha value is -2.43. The van der Waals surface area contributed by atoms with E-state index in [9.17, 15) is 0 Å². The Labute approximate surface area is 153 Å². The standard InChI is InChI=1S/C21H20O3S/c1-22-19-12-8-17(9-13-19)21(24-25,16-6-4-3-5-7-16)18-10-14-20(23-2)15-11-18/h3-15,25H,1-2H3. The van der Waals surface area contributed by atoms with Crippen molar-refractivity contribution in [3.63, 3.8) is 0 Å². The van der Waals surface area contributed by atoms with Crippen molar-refractivity contribution in [1.29, 1.82) is 0 Å². The minimum atomic E-state index is -0.844. The Morgan fingerprint density at radius 2 is 1.00 bits per heavy atom. The predicted molar refractivity (Wildman–Crippen MR) is 102 cm³/mol. The molecule has 0 heterocycles. The molecule has 0 atom stereocenters. The predicted octanol–water partition coefficient (Wildman–Crippen LogP) is 4.86. The van der Waals surface area contributed by atoms with E-state index in [0.717, 1.165) is 28.2 Å². The van der Waals surface area contributed by atoms with E-state index in [4.69, 9.17) is 13.7 Å². The van der Waals surface area contributed by atoms with Crippen LogP contribution in [-0.2, 0) is 9.78 Å². The lowest BCUT2D eigenvalue weighted by Gasteiger charge is -2.33. The van der Waals surface area contributed by atoms with E-state index in [-0.39, 0.29) is 0 Å². The largest absolute Gasteiger partial charge is 0.497 e. The summed E-state index contributed by atoms with van der Waals surface area (Å²) in [6.45, 7) is 0. The van der Waals surface area contributed by atoms with Gasteiger partial charge in [0.15, 0.2) is 5.60 Å². The molecule has 0 unspecified atom stereocenters. The Morgan fingerprint density at radius 1 is 0.600 bits per heavy atom. The van der Waals surface area contributed by atoms with E-state index in [1.165, 1.54) is 0 Å². The fourth-order valence-corrected chi connectivity index (χ4v) is 3.30. The van der Waals surface area contributed by atoms with Crippen LogP contribution in [0, 0.1) is 0 Å². The summed E-state index contributed by atoms with van der Waals surface area (Å²) >= 11 is 4.27. The molecule has 0 bridgehead atoms. The lowest BCUT2D eigenvalue weighted by atomic mass is 9.80. The van der Waals surface area contributed by atoms with Gasteiger partial charge >= 0.3 is 0 Å². The van der Waals surface area contributed by atoms with Crippen LogP contribution >= 0.6 is 12.9 Å². The van der Waals surface area contributed by atoms with E-state index in [1.807, 2.05) is 78.9 Å². The van der Waals surface area contributed by atoms with Gasteiger partial charge < -0.3 is 9.47 Å². The molecule has 0 aliphatic heterocycles. The van der Waals surface area contributed by atoms with E-state index in [0.29, 0.717) is 0 Å². The van der Waals surface area contributed by atoms with Crippen LogP contribution in [0.2, 0.25) is 0 Å². The molecule has 0 fully saturated rings. The molecule has 0 saturated carbocycles. The number of hydrogen-bond donors (Lipinski definition) is 1. The van der Waals surface area contributed by atoms with Crippen molar-refractivity contribution in [2.24, 2.45) is 0 Å². The molecule has 3 rings (SSSR count). The molecule has 0 N–H and O–H groups in total. The second kappa shape index (κ2) is 7.64. The summed E-state index contributed by atoms with van der Waals surface area (Å²) < 4.78 is 16.4. The SMILES string of the molecule is COc1ccc(C(OS)(c2ccccc2)c2ccc(OC)cc2)cc1. The second-order valence-corrected chi connectivity index (χ2v) is 5.78. The Kier molecular flexibility index (Phi) is 5.31. The van der Waals surface area contributed by atoms with Crippen LogP contribution in [-0.4, -0.2) is 14.2 Å². The van der Waals surface area contributed by atoms with Crippen molar-refractivity contribution < 1.29 is 13.7 Å². The molecule has 128 valence electrons. The molecule has 0 aliphatic carbocycles. The zero-order valence-electron chi connectivity index (χ0n) is 14.2. The molecule has 0 aliphatic rings. The molecule has 3 aromatic carbocycles. The third-order valence-corrected chi connectivity index (χ3v) is 4.58. The third kappa shape index (κ3) is 3.23. The maximum atomic E-state index is 5.86. The highest BCUT2D eigenvalue weighted by atomic mass is 32.1. The van der Waals surface area contributed by atoms with Gasteiger partial charge in [-0.25, -0.2) is 0 Å². The topological polar surface area (TPSA) is 27.7 Å². The highest BCUT2D eigenvalue weighted by molar-refractivity contribution is 7.75. The number of ether oxygens (including phenoxy) is 2. The van der Waals surface area contributed by atoms with Crippen LogP contribution in [0.25, 0.3) is 0 Å². The quantitative estimate of drug-likeness (QED) is 0.390. The summed E-state index contributed by atoms with van der Waals surface area (Å²) in [4.78, 5) is 0. The normalized spacial score (nSPS) is 11.2. The second-order valence-electron chi connectivity index (χ2n) is 5.60. The first kappa shape index (κ1) is 17.4. The van der Waals surface area contributed by atoms with Crippen molar-refractivity contribution in [2.45, 2.75) is 5.60 Å². The molecule has 3 aromatic rings. The van der Waals surface area contributed by atoms with E-state index >= 15 is 0 Å². The first-order valence-electron chi connectivity index (χ1n) is 7.91. The number of rotatable bonds is 6. The molecule has 0 radical (unpaired) electrons. The van der Waals surface area contributed by atoms with Gasteiger partial charge in [-0.05, 0) is 53.9 Å². The first-order valence-corrected chi connectivity index (χ1v) is 8.28.